The molecule has 9 heteroatoms. The first-order chi connectivity index (χ1) is 13.9. The molecule has 0 aliphatic carbocycles. The Morgan fingerprint density at radius 2 is 1.72 bits per heavy atom. The van der Waals surface area contributed by atoms with Crippen molar-refractivity contribution in [3.8, 4) is 0 Å². The highest BCUT2D eigenvalue weighted by atomic mass is 35.5. The number of amides is 2. The van der Waals surface area contributed by atoms with E-state index in [1.165, 1.54) is 24.0 Å². The highest BCUT2D eigenvalue weighted by Gasteiger charge is 2.12. The molecule has 0 fully saturated rings. The Bertz CT molecular complexity index is 1050. The van der Waals surface area contributed by atoms with Gasteiger partial charge in [0.05, 0.1) is 21.4 Å². The Morgan fingerprint density at radius 1 is 0.931 bits per heavy atom. The van der Waals surface area contributed by atoms with E-state index in [2.05, 4.69) is 15.6 Å². The average Bonchev–Trinajstić information content (AvgIpc) is 2.68. The maximum Gasteiger partial charge on any atom is 0.257 e. The summed E-state index contributed by atoms with van der Waals surface area (Å²) in [6.07, 6.45) is 1.46. The molecule has 0 aliphatic rings. The van der Waals surface area contributed by atoms with Gasteiger partial charge in [-0.25, -0.2) is 4.98 Å². The minimum Gasteiger partial charge on any atom is -0.322 e. The zero-order valence-corrected chi connectivity index (χ0v) is 17.9. The van der Waals surface area contributed by atoms with Gasteiger partial charge in [0, 0.05) is 21.8 Å². The first-order valence-electron chi connectivity index (χ1n) is 8.31. The van der Waals surface area contributed by atoms with Crippen LogP contribution in [-0.4, -0.2) is 22.6 Å². The van der Waals surface area contributed by atoms with Crippen molar-refractivity contribution in [3.05, 3.63) is 81.4 Å². The molecular weight excluding hydrogens is 453 g/mol. The van der Waals surface area contributed by atoms with E-state index >= 15 is 0 Å². The molecule has 0 atom stereocenters. The Kier molecular flexibility index (Phi) is 7.39. The van der Waals surface area contributed by atoms with E-state index in [1.54, 1.807) is 42.5 Å². The topological polar surface area (TPSA) is 71.1 Å². The van der Waals surface area contributed by atoms with Crippen LogP contribution in [0.25, 0.3) is 0 Å². The van der Waals surface area contributed by atoms with Crippen LogP contribution in [0.2, 0.25) is 15.1 Å². The van der Waals surface area contributed by atoms with Gasteiger partial charge in [-0.3, -0.25) is 9.59 Å². The number of hydrogen-bond acceptors (Lipinski definition) is 4. The monoisotopic (exact) mass is 465 g/mol. The van der Waals surface area contributed by atoms with E-state index in [1.807, 2.05) is 6.07 Å². The summed E-state index contributed by atoms with van der Waals surface area (Å²) in [4.78, 5) is 29.4. The number of anilines is 2. The van der Waals surface area contributed by atoms with Gasteiger partial charge in [-0.1, -0.05) is 40.9 Å². The Hall–Kier alpha value is -2.25. The number of hydrogen-bond donors (Lipinski definition) is 2. The smallest absolute Gasteiger partial charge is 0.257 e. The van der Waals surface area contributed by atoms with Crippen LogP contribution in [0.3, 0.4) is 0 Å². The SMILES string of the molecule is O=C(CSc1cccc(NC(=O)c2ccc(Cl)cc2Cl)c1)Nc1ccc(Cl)cn1. The fraction of sp³-hybridized carbons (Fsp3) is 0.0500. The molecular formula is C20H14Cl3N3O2S. The number of carbonyl (C=O) groups is 2. The second-order valence-electron chi connectivity index (χ2n) is 5.80. The molecule has 1 heterocycles. The first-order valence-corrected chi connectivity index (χ1v) is 10.4. The van der Waals surface area contributed by atoms with Crippen LogP contribution in [0, 0.1) is 0 Å². The molecule has 2 amide bonds. The van der Waals surface area contributed by atoms with Crippen LogP contribution < -0.4 is 10.6 Å². The van der Waals surface area contributed by atoms with Crippen molar-refractivity contribution < 1.29 is 9.59 Å². The second-order valence-corrected chi connectivity index (χ2v) is 8.13. The van der Waals surface area contributed by atoms with Gasteiger partial charge >= 0.3 is 0 Å². The summed E-state index contributed by atoms with van der Waals surface area (Å²) in [5.41, 5.74) is 0.912. The molecule has 0 bridgehead atoms. The lowest BCUT2D eigenvalue weighted by Crippen LogP contribution is -2.15. The molecule has 0 unspecified atom stereocenters. The number of benzene rings is 2. The van der Waals surface area contributed by atoms with Crippen LogP contribution in [0.15, 0.2) is 65.7 Å². The maximum atomic E-state index is 12.4. The molecule has 1 aromatic heterocycles. The van der Waals surface area contributed by atoms with Crippen LogP contribution in [-0.2, 0) is 4.79 Å². The summed E-state index contributed by atoms with van der Waals surface area (Å²) in [5.74, 6) is 0.0680. The maximum absolute atomic E-state index is 12.4. The highest BCUT2D eigenvalue weighted by molar-refractivity contribution is 8.00. The Labute approximate surface area is 186 Å². The number of aromatic nitrogens is 1. The van der Waals surface area contributed by atoms with Gasteiger partial charge in [0.25, 0.3) is 5.91 Å². The lowest BCUT2D eigenvalue weighted by molar-refractivity contribution is -0.113. The molecule has 0 saturated heterocycles. The minimum atomic E-state index is -0.347. The van der Waals surface area contributed by atoms with Gasteiger partial charge in [0.15, 0.2) is 0 Å². The van der Waals surface area contributed by atoms with Gasteiger partial charge in [-0.15, -0.1) is 11.8 Å². The Balaban J connectivity index is 1.58. The van der Waals surface area contributed by atoms with Crippen molar-refractivity contribution in [2.75, 3.05) is 16.4 Å². The normalized spacial score (nSPS) is 10.4. The third-order valence-corrected chi connectivity index (χ3v) is 5.40. The fourth-order valence-electron chi connectivity index (χ4n) is 2.31. The molecule has 0 radical (unpaired) electrons. The molecule has 2 aromatic carbocycles. The number of thioether (sulfide) groups is 1. The minimum absolute atomic E-state index is 0.185. The Morgan fingerprint density at radius 3 is 2.45 bits per heavy atom. The summed E-state index contributed by atoms with van der Waals surface area (Å²) in [6.45, 7) is 0. The van der Waals surface area contributed by atoms with E-state index in [4.69, 9.17) is 34.8 Å². The quantitative estimate of drug-likeness (QED) is 0.435. The van der Waals surface area contributed by atoms with Crippen molar-refractivity contribution >= 4 is 69.9 Å². The molecule has 3 aromatic rings. The van der Waals surface area contributed by atoms with Gasteiger partial charge in [-0.05, 0) is 48.5 Å². The molecule has 0 spiro atoms. The lowest BCUT2D eigenvalue weighted by Gasteiger charge is -2.09. The number of carbonyl (C=O) groups excluding carboxylic acids is 2. The second kappa shape index (κ2) is 9.98. The molecule has 5 nitrogen and oxygen atoms in total. The third-order valence-electron chi connectivity index (χ3n) is 3.63. The van der Waals surface area contributed by atoms with Crippen LogP contribution in [0.4, 0.5) is 11.5 Å². The zero-order valence-electron chi connectivity index (χ0n) is 14.8. The third kappa shape index (κ3) is 6.37. The molecule has 3 rings (SSSR count). The fourth-order valence-corrected chi connectivity index (χ4v) is 3.67. The number of nitrogens with zero attached hydrogens (tertiary/aromatic N) is 1. The summed E-state index contributed by atoms with van der Waals surface area (Å²) >= 11 is 19.0. The van der Waals surface area contributed by atoms with Crippen molar-refractivity contribution in [2.24, 2.45) is 0 Å². The van der Waals surface area contributed by atoms with E-state index < -0.39 is 0 Å². The van der Waals surface area contributed by atoms with E-state index in [0.717, 1.165) is 4.90 Å². The van der Waals surface area contributed by atoms with E-state index in [-0.39, 0.29) is 22.6 Å². The zero-order chi connectivity index (χ0) is 20.8. The van der Waals surface area contributed by atoms with Gasteiger partial charge in [0.1, 0.15) is 5.82 Å². The molecule has 29 heavy (non-hydrogen) atoms. The molecule has 0 aliphatic heterocycles. The number of pyridine rings is 1. The van der Waals surface area contributed by atoms with Crippen LogP contribution >= 0.6 is 46.6 Å². The molecule has 148 valence electrons. The average molecular weight is 467 g/mol. The summed E-state index contributed by atoms with van der Waals surface area (Å²) in [5, 5.41) is 6.71. The summed E-state index contributed by atoms with van der Waals surface area (Å²) in [7, 11) is 0. The van der Waals surface area contributed by atoms with Crippen LogP contribution in [0.1, 0.15) is 10.4 Å². The molecule has 0 saturated carbocycles. The van der Waals surface area contributed by atoms with Gasteiger partial charge in [-0.2, -0.15) is 0 Å². The molecule has 2 N–H and O–H groups in total. The summed E-state index contributed by atoms with van der Waals surface area (Å²) in [6, 6.07) is 15.1. The van der Waals surface area contributed by atoms with Crippen molar-refractivity contribution in [3.63, 3.8) is 0 Å². The van der Waals surface area contributed by atoms with E-state index in [0.29, 0.717) is 27.1 Å². The number of nitrogens with one attached hydrogen (secondary N) is 2. The predicted molar refractivity (Wildman–Crippen MR) is 119 cm³/mol. The van der Waals surface area contributed by atoms with Gasteiger partial charge in [0.2, 0.25) is 5.91 Å². The van der Waals surface area contributed by atoms with Gasteiger partial charge < -0.3 is 10.6 Å². The lowest BCUT2D eigenvalue weighted by atomic mass is 10.2. The van der Waals surface area contributed by atoms with Crippen LogP contribution in [0.5, 0.6) is 0 Å². The first kappa shape index (κ1) is 21.5. The number of halogens is 3. The summed E-state index contributed by atoms with van der Waals surface area (Å²) < 4.78 is 0. The number of rotatable bonds is 6. The van der Waals surface area contributed by atoms with Crippen molar-refractivity contribution in [2.45, 2.75) is 4.90 Å². The predicted octanol–water partition coefficient (Wildman–Crippen LogP) is 6.02. The van der Waals surface area contributed by atoms with E-state index in [9.17, 15) is 9.59 Å². The largest absolute Gasteiger partial charge is 0.322 e. The van der Waals surface area contributed by atoms with Crippen molar-refractivity contribution in [1.82, 2.24) is 4.98 Å². The van der Waals surface area contributed by atoms with Crippen molar-refractivity contribution in [1.29, 1.82) is 0 Å². The standard InChI is InChI=1S/C20H14Cl3N3O2S/c21-12-4-6-16(17(23)8-12)20(28)25-14-2-1-3-15(9-14)29-11-19(27)26-18-7-5-13(22)10-24-18/h1-10H,11H2,(H,25,28)(H,24,26,27). The highest BCUT2D eigenvalue weighted by Crippen LogP contribution is 2.25.